The average Bonchev–Trinajstić information content (AvgIpc) is 2.72. The van der Waals surface area contributed by atoms with Gasteiger partial charge in [0.15, 0.2) is 0 Å². The Bertz CT molecular complexity index is 537. The maximum absolute atomic E-state index is 13.2. The molecule has 18 heavy (non-hydrogen) atoms. The van der Waals surface area contributed by atoms with Crippen LogP contribution in [0.15, 0.2) is 30.6 Å². The summed E-state index contributed by atoms with van der Waals surface area (Å²) in [5.74, 6) is 0.148. The summed E-state index contributed by atoms with van der Waals surface area (Å²) in [5.41, 5.74) is 7.54. The molecule has 1 heterocycles. The number of nitrogens with zero attached hydrogens (tertiary/aromatic N) is 2. The summed E-state index contributed by atoms with van der Waals surface area (Å²) in [6.07, 6.45) is 3.57. The molecule has 1 atom stereocenters. The predicted octanol–water partition coefficient (Wildman–Crippen LogP) is 2.16. The predicted molar refractivity (Wildman–Crippen MR) is 66.5 cm³/mol. The Kier molecular flexibility index (Phi) is 3.62. The largest absolute Gasteiger partial charge is 0.488 e. The topological polar surface area (TPSA) is 53.1 Å². The van der Waals surface area contributed by atoms with Crippen molar-refractivity contribution in [3.8, 4) is 5.75 Å². The van der Waals surface area contributed by atoms with Crippen LogP contribution in [0.2, 0.25) is 0 Å². The van der Waals surface area contributed by atoms with E-state index < -0.39 is 0 Å². The third-order valence-electron chi connectivity index (χ3n) is 2.62. The number of halogens is 1. The molecule has 0 fully saturated rings. The monoisotopic (exact) mass is 249 g/mol. The van der Waals surface area contributed by atoms with Crippen LogP contribution < -0.4 is 10.5 Å². The molecule has 0 aliphatic heterocycles. The van der Waals surface area contributed by atoms with Crippen LogP contribution in [0.4, 0.5) is 4.39 Å². The molecule has 2 aromatic rings. The van der Waals surface area contributed by atoms with Gasteiger partial charge in [-0.25, -0.2) is 4.39 Å². The lowest BCUT2D eigenvalue weighted by Gasteiger charge is -2.13. The zero-order valence-electron chi connectivity index (χ0n) is 10.4. The minimum atomic E-state index is -0.333. The number of hydrogen-bond acceptors (Lipinski definition) is 3. The number of aryl methyl sites for hydroxylation is 1. The van der Waals surface area contributed by atoms with E-state index in [1.54, 1.807) is 16.9 Å². The van der Waals surface area contributed by atoms with Crippen molar-refractivity contribution in [1.82, 2.24) is 9.78 Å². The van der Waals surface area contributed by atoms with Gasteiger partial charge >= 0.3 is 0 Å². The first-order valence-electron chi connectivity index (χ1n) is 5.71. The lowest BCUT2D eigenvalue weighted by Crippen LogP contribution is -2.08. The van der Waals surface area contributed by atoms with E-state index >= 15 is 0 Å². The Morgan fingerprint density at radius 1 is 1.50 bits per heavy atom. The minimum absolute atomic E-state index is 0.200. The first kappa shape index (κ1) is 12.6. The van der Waals surface area contributed by atoms with Crippen molar-refractivity contribution >= 4 is 0 Å². The molecule has 0 radical (unpaired) electrons. The molecule has 0 amide bonds. The van der Waals surface area contributed by atoms with Gasteiger partial charge in [0.2, 0.25) is 0 Å². The fourth-order valence-electron chi connectivity index (χ4n) is 1.72. The summed E-state index contributed by atoms with van der Waals surface area (Å²) < 4.78 is 20.5. The average molecular weight is 249 g/mol. The van der Waals surface area contributed by atoms with E-state index in [9.17, 15) is 4.39 Å². The number of nitrogens with two attached hydrogens (primary N) is 1. The van der Waals surface area contributed by atoms with Gasteiger partial charge in [-0.2, -0.15) is 5.10 Å². The van der Waals surface area contributed by atoms with Gasteiger partial charge in [0.25, 0.3) is 0 Å². The maximum Gasteiger partial charge on any atom is 0.127 e. The van der Waals surface area contributed by atoms with E-state index in [1.807, 2.05) is 20.2 Å². The Morgan fingerprint density at radius 2 is 2.28 bits per heavy atom. The van der Waals surface area contributed by atoms with Crippen molar-refractivity contribution in [2.24, 2.45) is 12.8 Å². The van der Waals surface area contributed by atoms with Crippen molar-refractivity contribution in [3.63, 3.8) is 0 Å². The van der Waals surface area contributed by atoms with Gasteiger partial charge in [-0.1, -0.05) is 6.07 Å². The van der Waals surface area contributed by atoms with E-state index in [2.05, 4.69) is 5.10 Å². The molecule has 1 aromatic carbocycles. The van der Waals surface area contributed by atoms with Gasteiger partial charge in [-0.15, -0.1) is 0 Å². The first-order valence-corrected chi connectivity index (χ1v) is 5.71. The molecule has 5 heteroatoms. The standard InChI is InChI=1S/C13H16FN3O/c1-9(15)12-4-3-11(14)5-13(12)18-8-10-6-16-17(2)7-10/h3-7,9H,8,15H2,1-2H3/t9-/m1/s1. The molecule has 0 saturated carbocycles. The number of benzene rings is 1. The van der Waals surface area contributed by atoms with Crippen LogP contribution in [0.25, 0.3) is 0 Å². The van der Waals surface area contributed by atoms with E-state index in [1.165, 1.54) is 12.1 Å². The van der Waals surface area contributed by atoms with Crippen LogP contribution >= 0.6 is 0 Å². The Balaban J connectivity index is 2.15. The molecular formula is C13H16FN3O. The fraction of sp³-hybridized carbons (Fsp3) is 0.308. The van der Waals surface area contributed by atoms with E-state index in [-0.39, 0.29) is 11.9 Å². The smallest absolute Gasteiger partial charge is 0.127 e. The zero-order valence-corrected chi connectivity index (χ0v) is 10.4. The third kappa shape index (κ3) is 2.87. The molecule has 0 bridgehead atoms. The normalized spacial score (nSPS) is 12.4. The van der Waals surface area contributed by atoms with Crippen LogP contribution in [-0.2, 0) is 13.7 Å². The SMILES string of the molecule is C[C@@H](N)c1ccc(F)cc1OCc1cnn(C)c1. The van der Waals surface area contributed by atoms with Crippen molar-refractivity contribution in [1.29, 1.82) is 0 Å². The van der Waals surface area contributed by atoms with Gasteiger partial charge in [0.05, 0.1) is 6.20 Å². The molecule has 2 rings (SSSR count). The van der Waals surface area contributed by atoms with Crippen LogP contribution in [0.1, 0.15) is 24.1 Å². The molecular weight excluding hydrogens is 233 g/mol. The van der Waals surface area contributed by atoms with Crippen LogP contribution in [-0.4, -0.2) is 9.78 Å². The second kappa shape index (κ2) is 5.18. The Labute approximate surface area is 105 Å². The van der Waals surface area contributed by atoms with Crippen LogP contribution in [0, 0.1) is 5.82 Å². The second-order valence-corrected chi connectivity index (χ2v) is 4.28. The summed E-state index contributed by atoms with van der Waals surface area (Å²) in [4.78, 5) is 0. The quantitative estimate of drug-likeness (QED) is 0.903. The minimum Gasteiger partial charge on any atom is -0.488 e. The molecule has 0 unspecified atom stereocenters. The lowest BCUT2D eigenvalue weighted by molar-refractivity contribution is 0.299. The van der Waals surface area contributed by atoms with Gasteiger partial charge in [-0.3, -0.25) is 4.68 Å². The molecule has 1 aromatic heterocycles. The highest BCUT2D eigenvalue weighted by atomic mass is 19.1. The number of ether oxygens (including phenoxy) is 1. The Morgan fingerprint density at radius 3 is 2.89 bits per heavy atom. The highest BCUT2D eigenvalue weighted by Crippen LogP contribution is 2.25. The van der Waals surface area contributed by atoms with Gasteiger partial charge in [0.1, 0.15) is 18.2 Å². The third-order valence-corrected chi connectivity index (χ3v) is 2.62. The summed E-state index contributed by atoms with van der Waals surface area (Å²) in [5, 5.41) is 4.04. The van der Waals surface area contributed by atoms with Crippen LogP contribution in [0.5, 0.6) is 5.75 Å². The second-order valence-electron chi connectivity index (χ2n) is 4.28. The summed E-state index contributed by atoms with van der Waals surface area (Å²) in [6, 6.07) is 4.19. The van der Waals surface area contributed by atoms with E-state index in [0.29, 0.717) is 12.4 Å². The molecule has 2 N–H and O–H groups in total. The zero-order chi connectivity index (χ0) is 13.1. The molecule has 0 spiro atoms. The highest BCUT2D eigenvalue weighted by Gasteiger charge is 2.10. The molecule has 0 saturated heterocycles. The number of aromatic nitrogens is 2. The first-order chi connectivity index (χ1) is 8.56. The number of rotatable bonds is 4. The van der Waals surface area contributed by atoms with Crippen molar-refractivity contribution in [2.45, 2.75) is 19.6 Å². The molecule has 0 aliphatic carbocycles. The van der Waals surface area contributed by atoms with Gasteiger partial charge in [-0.05, 0) is 13.0 Å². The summed E-state index contributed by atoms with van der Waals surface area (Å²) in [6.45, 7) is 2.18. The summed E-state index contributed by atoms with van der Waals surface area (Å²) in [7, 11) is 1.83. The summed E-state index contributed by atoms with van der Waals surface area (Å²) >= 11 is 0. The lowest BCUT2D eigenvalue weighted by atomic mass is 10.1. The van der Waals surface area contributed by atoms with Gasteiger partial charge in [0, 0.05) is 36.5 Å². The number of hydrogen-bond donors (Lipinski definition) is 1. The van der Waals surface area contributed by atoms with Crippen LogP contribution in [0.3, 0.4) is 0 Å². The fourth-order valence-corrected chi connectivity index (χ4v) is 1.72. The van der Waals surface area contributed by atoms with Crippen molar-refractivity contribution < 1.29 is 9.13 Å². The van der Waals surface area contributed by atoms with Gasteiger partial charge < -0.3 is 10.5 Å². The highest BCUT2D eigenvalue weighted by molar-refractivity contribution is 5.36. The molecule has 96 valence electrons. The molecule has 0 aliphatic rings. The van der Waals surface area contributed by atoms with Crippen molar-refractivity contribution in [2.75, 3.05) is 0 Å². The van der Waals surface area contributed by atoms with Crippen molar-refractivity contribution in [3.05, 3.63) is 47.5 Å². The van der Waals surface area contributed by atoms with E-state index in [4.69, 9.17) is 10.5 Å². The molecule has 4 nitrogen and oxygen atoms in total. The van der Waals surface area contributed by atoms with E-state index in [0.717, 1.165) is 11.1 Å². The Hall–Kier alpha value is -1.88. The maximum atomic E-state index is 13.2.